The van der Waals surface area contributed by atoms with Gasteiger partial charge in [0.1, 0.15) is 17.0 Å². The summed E-state index contributed by atoms with van der Waals surface area (Å²) in [5, 5.41) is 15.3. The van der Waals surface area contributed by atoms with E-state index < -0.39 is 11.6 Å². The number of benzene rings is 1. The Morgan fingerprint density at radius 3 is 2.79 bits per heavy atom. The molecule has 0 saturated carbocycles. The summed E-state index contributed by atoms with van der Waals surface area (Å²) in [6, 6.07) is 5.45. The maximum absolute atomic E-state index is 14.4. The summed E-state index contributed by atoms with van der Waals surface area (Å²) in [5.74, 6) is -1.11. The predicted octanol–water partition coefficient (Wildman–Crippen LogP) is 2.51. The summed E-state index contributed by atoms with van der Waals surface area (Å²) in [6.45, 7) is 1.88. The second-order valence-corrected chi connectivity index (χ2v) is 5.19. The molecule has 0 aliphatic rings. The SMILES string of the molecule is Cc1nonc1-c1nc2cc(F)cc(F)c2n1Cc1cccnn1. The Kier molecular flexibility index (Phi) is 3.26. The second kappa shape index (κ2) is 5.44. The van der Waals surface area contributed by atoms with Crippen LogP contribution in [-0.2, 0) is 6.54 Å². The first-order valence-electron chi connectivity index (χ1n) is 7.05. The number of hydrogen-bond donors (Lipinski definition) is 0. The fourth-order valence-electron chi connectivity index (χ4n) is 2.53. The molecule has 4 rings (SSSR count). The van der Waals surface area contributed by atoms with E-state index in [-0.39, 0.29) is 17.6 Å². The monoisotopic (exact) mass is 328 g/mol. The minimum absolute atomic E-state index is 0.152. The average molecular weight is 328 g/mol. The van der Waals surface area contributed by atoms with E-state index in [1.807, 2.05) is 0 Å². The minimum Gasteiger partial charge on any atom is -0.314 e. The molecule has 0 N–H and O–H groups in total. The molecule has 0 fully saturated rings. The van der Waals surface area contributed by atoms with Crippen LogP contribution in [0.5, 0.6) is 0 Å². The molecule has 0 aliphatic carbocycles. The minimum atomic E-state index is -0.721. The largest absolute Gasteiger partial charge is 0.314 e. The maximum atomic E-state index is 14.4. The number of imidazole rings is 1. The lowest BCUT2D eigenvalue weighted by atomic mass is 10.2. The molecule has 0 amide bonds. The Labute approximate surface area is 133 Å². The third-order valence-corrected chi connectivity index (χ3v) is 3.57. The van der Waals surface area contributed by atoms with Crippen molar-refractivity contribution >= 4 is 11.0 Å². The van der Waals surface area contributed by atoms with Gasteiger partial charge in [-0.05, 0) is 24.2 Å². The highest BCUT2D eigenvalue weighted by atomic mass is 19.1. The fraction of sp³-hybridized carbons (Fsp3) is 0.133. The summed E-state index contributed by atoms with van der Waals surface area (Å²) in [4.78, 5) is 4.31. The highest BCUT2D eigenvalue weighted by Crippen LogP contribution is 2.28. The third-order valence-electron chi connectivity index (χ3n) is 3.57. The van der Waals surface area contributed by atoms with Gasteiger partial charge in [0.2, 0.25) is 0 Å². The number of halogens is 2. The molecule has 7 nitrogen and oxygen atoms in total. The number of nitrogens with zero attached hydrogens (tertiary/aromatic N) is 6. The van der Waals surface area contributed by atoms with Crippen molar-refractivity contribution < 1.29 is 13.4 Å². The number of rotatable bonds is 3. The molecule has 0 atom stereocenters. The first-order chi connectivity index (χ1) is 11.6. The summed E-state index contributed by atoms with van der Waals surface area (Å²) in [6.07, 6.45) is 1.54. The molecule has 4 aromatic rings. The molecule has 3 heterocycles. The van der Waals surface area contributed by atoms with Crippen molar-refractivity contribution in [2.45, 2.75) is 13.5 Å². The van der Waals surface area contributed by atoms with Gasteiger partial charge in [-0.2, -0.15) is 10.2 Å². The number of aryl methyl sites for hydroxylation is 1. The normalized spacial score (nSPS) is 11.3. The van der Waals surface area contributed by atoms with E-state index in [1.54, 1.807) is 23.6 Å². The Morgan fingerprint density at radius 1 is 1.21 bits per heavy atom. The van der Waals surface area contributed by atoms with Crippen LogP contribution in [0.15, 0.2) is 35.1 Å². The van der Waals surface area contributed by atoms with Crippen LogP contribution in [0.2, 0.25) is 0 Å². The molecular weight excluding hydrogens is 318 g/mol. The summed E-state index contributed by atoms with van der Waals surface area (Å²) in [5.41, 5.74) is 1.77. The van der Waals surface area contributed by atoms with Crippen LogP contribution < -0.4 is 0 Å². The topological polar surface area (TPSA) is 82.5 Å². The molecule has 3 aromatic heterocycles. The van der Waals surface area contributed by atoms with Crippen LogP contribution >= 0.6 is 0 Å². The lowest BCUT2D eigenvalue weighted by molar-refractivity contribution is 0.305. The first-order valence-corrected chi connectivity index (χ1v) is 7.05. The standard InChI is InChI=1S/C15H10F2N6O/c1-8-13(22-24-21-8)15-19-12-6-9(16)5-11(17)14(12)23(15)7-10-3-2-4-18-20-10/h2-6H,7H2,1H3. The van der Waals surface area contributed by atoms with E-state index in [0.717, 1.165) is 12.1 Å². The quantitative estimate of drug-likeness (QED) is 0.575. The van der Waals surface area contributed by atoms with Gasteiger partial charge >= 0.3 is 0 Å². The van der Waals surface area contributed by atoms with Crippen LogP contribution in [-0.4, -0.2) is 30.1 Å². The van der Waals surface area contributed by atoms with Crippen LogP contribution in [0.1, 0.15) is 11.4 Å². The van der Waals surface area contributed by atoms with E-state index in [4.69, 9.17) is 4.63 Å². The van der Waals surface area contributed by atoms with Gasteiger partial charge in [0.25, 0.3) is 0 Å². The molecule has 0 unspecified atom stereocenters. The van der Waals surface area contributed by atoms with Crippen molar-refractivity contribution in [3.05, 3.63) is 53.5 Å². The Hall–Kier alpha value is -3.23. The number of aromatic nitrogens is 6. The Bertz CT molecular complexity index is 1030. The van der Waals surface area contributed by atoms with E-state index in [9.17, 15) is 8.78 Å². The van der Waals surface area contributed by atoms with E-state index in [0.29, 0.717) is 22.9 Å². The van der Waals surface area contributed by atoms with Crippen LogP contribution in [0.3, 0.4) is 0 Å². The van der Waals surface area contributed by atoms with Gasteiger partial charge in [-0.1, -0.05) is 5.16 Å². The maximum Gasteiger partial charge on any atom is 0.173 e. The van der Waals surface area contributed by atoms with Crippen LogP contribution in [0, 0.1) is 18.6 Å². The Morgan fingerprint density at radius 2 is 2.08 bits per heavy atom. The van der Waals surface area contributed by atoms with Crippen molar-refractivity contribution in [2.75, 3.05) is 0 Å². The van der Waals surface area contributed by atoms with E-state index in [2.05, 4.69) is 25.5 Å². The zero-order valence-corrected chi connectivity index (χ0v) is 12.4. The molecule has 0 aliphatic heterocycles. The molecule has 0 saturated heterocycles. The van der Waals surface area contributed by atoms with Crippen molar-refractivity contribution in [3.63, 3.8) is 0 Å². The molecular formula is C15H10F2N6O. The van der Waals surface area contributed by atoms with Gasteiger partial charge in [0.15, 0.2) is 17.3 Å². The van der Waals surface area contributed by atoms with Gasteiger partial charge < -0.3 is 4.57 Å². The van der Waals surface area contributed by atoms with Crippen molar-refractivity contribution in [2.24, 2.45) is 0 Å². The van der Waals surface area contributed by atoms with E-state index in [1.165, 1.54) is 6.20 Å². The molecule has 0 spiro atoms. The van der Waals surface area contributed by atoms with Crippen molar-refractivity contribution in [1.82, 2.24) is 30.1 Å². The molecule has 1 aromatic carbocycles. The Balaban J connectivity index is 1.99. The smallest absolute Gasteiger partial charge is 0.173 e. The molecule has 9 heteroatoms. The lowest BCUT2D eigenvalue weighted by Gasteiger charge is -2.07. The first kappa shape index (κ1) is 14.4. The summed E-state index contributed by atoms with van der Waals surface area (Å²) >= 11 is 0. The second-order valence-electron chi connectivity index (χ2n) is 5.19. The summed E-state index contributed by atoms with van der Waals surface area (Å²) in [7, 11) is 0. The lowest BCUT2D eigenvalue weighted by Crippen LogP contribution is -2.06. The van der Waals surface area contributed by atoms with Gasteiger partial charge in [0.05, 0.1) is 17.8 Å². The zero-order chi connectivity index (χ0) is 16.7. The zero-order valence-electron chi connectivity index (χ0n) is 12.4. The molecule has 0 bridgehead atoms. The average Bonchev–Trinajstić information content (AvgIpc) is 3.12. The van der Waals surface area contributed by atoms with Gasteiger partial charge in [0, 0.05) is 18.3 Å². The van der Waals surface area contributed by atoms with E-state index >= 15 is 0 Å². The number of fused-ring (bicyclic) bond motifs is 1. The van der Waals surface area contributed by atoms with Crippen LogP contribution in [0.25, 0.3) is 22.6 Å². The number of hydrogen-bond acceptors (Lipinski definition) is 6. The molecule has 0 radical (unpaired) electrons. The fourth-order valence-corrected chi connectivity index (χ4v) is 2.53. The molecule has 120 valence electrons. The van der Waals surface area contributed by atoms with Crippen molar-refractivity contribution in [1.29, 1.82) is 0 Å². The molecule has 24 heavy (non-hydrogen) atoms. The van der Waals surface area contributed by atoms with Gasteiger partial charge in [-0.25, -0.2) is 18.4 Å². The van der Waals surface area contributed by atoms with Gasteiger partial charge in [-0.15, -0.1) is 0 Å². The van der Waals surface area contributed by atoms with Crippen molar-refractivity contribution in [3.8, 4) is 11.5 Å². The third kappa shape index (κ3) is 2.30. The summed E-state index contributed by atoms with van der Waals surface area (Å²) < 4.78 is 34.2. The van der Waals surface area contributed by atoms with Crippen LogP contribution in [0.4, 0.5) is 8.78 Å². The highest BCUT2D eigenvalue weighted by molar-refractivity contribution is 5.81. The van der Waals surface area contributed by atoms with Gasteiger partial charge in [-0.3, -0.25) is 0 Å². The predicted molar refractivity (Wildman–Crippen MR) is 78.8 cm³/mol. The highest BCUT2D eigenvalue weighted by Gasteiger charge is 2.21.